The van der Waals surface area contributed by atoms with Gasteiger partial charge in [-0.1, -0.05) is 20.8 Å². The summed E-state index contributed by atoms with van der Waals surface area (Å²) in [5.74, 6) is 1.07. The maximum absolute atomic E-state index is 11.8. The van der Waals surface area contributed by atoms with Gasteiger partial charge in [0.2, 0.25) is 0 Å². The molecule has 1 aromatic carbocycles. The van der Waals surface area contributed by atoms with Gasteiger partial charge in [-0.05, 0) is 49.9 Å². The highest BCUT2D eigenvalue weighted by Crippen LogP contribution is 2.28. The third-order valence-electron chi connectivity index (χ3n) is 3.52. The van der Waals surface area contributed by atoms with Gasteiger partial charge in [-0.3, -0.25) is 0 Å². The molecule has 0 saturated carbocycles. The maximum atomic E-state index is 11.8. The van der Waals surface area contributed by atoms with E-state index in [-0.39, 0.29) is 5.92 Å². The highest BCUT2D eigenvalue weighted by atomic mass is 16.7. The summed E-state index contributed by atoms with van der Waals surface area (Å²) in [4.78, 5) is 11.8. The summed E-state index contributed by atoms with van der Waals surface area (Å²) < 4.78 is 10.5. The highest BCUT2D eigenvalue weighted by molar-refractivity contribution is 5.64. The number of nitrogens with two attached hydrogens (primary N) is 1. The first-order valence-electron chi connectivity index (χ1n) is 6.48. The SMILES string of the molecule is CC(C)C(C)C(C)(C)OC(=O)Oc1ccc(N)cc1. The summed E-state index contributed by atoms with van der Waals surface area (Å²) in [6.07, 6.45) is -0.692. The lowest BCUT2D eigenvalue weighted by Crippen LogP contribution is -2.38. The van der Waals surface area contributed by atoms with Gasteiger partial charge >= 0.3 is 6.16 Å². The molecule has 19 heavy (non-hydrogen) atoms. The lowest BCUT2D eigenvalue weighted by molar-refractivity contribution is -0.0357. The van der Waals surface area contributed by atoms with Crippen molar-refractivity contribution in [1.82, 2.24) is 0 Å². The Morgan fingerprint density at radius 1 is 1.16 bits per heavy atom. The van der Waals surface area contributed by atoms with Crippen LogP contribution in [0.3, 0.4) is 0 Å². The molecule has 0 bridgehead atoms. The molecule has 1 atom stereocenters. The molecule has 1 aromatic rings. The van der Waals surface area contributed by atoms with Gasteiger partial charge in [-0.2, -0.15) is 0 Å². The van der Waals surface area contributed by atoms with Gasteiger partial charge in [-0.15, -0.1) is 0 Å². The number of ether oxygens (including phenoxy) is 2. The Kier molecular flexibility index (Phi) is 4.81. The smallest absolute Gasteiger partial charge is 0.428 e. The highest BCUT2D eigenvalue weighted by Gasteiger charge is 2.32. The first-order chi connectivity index (χ1) is 8.72. The van der Waals surface area contributed by atoms with Gasteiger partial charge in [0, 0.05) is 5.69 Å². The fraction of sp³-hybridized carbons (Fsp3) is 0.533. The van der Waals surface area contributed by atoms with Crippen LogP contribution >= 0.6 is 0 Å². The Balaban J connectivity index is 2.62. The molecule has 1 rings (SSSR count). The van der Waals surface area contributed by atoms with Crippen LogP contribution in [-0.4, -0.2) is 11.8 Å². The topological polar surface area (TPSA) is 61.5 Å². The number of benzene rings is 1. The first kappa shape index (κ1) is 15.3. The molecule has 0 aliphatic rings. The fourth-order valence-corrected chi connectivity index (χ4v) is 1.76. The van der Waals surface area contributed by atoms with Gasteiger partial charge in [0.25, 0.3) is 0 Å². The zero-order valence-corrected chi connectivity index (χ0v) is 12.3. The summed E-state index contributed by atoms with van der Waals surface area (Å²) >= 11 is 0. The Morgan fingerprint density at radius 2 is 1.68 bits per heavy atom. The van der Waals surface area contributed by atoms with Gasteiger partial charge in [0.1, 0.15) is 11.4 Å². The molecule has 0 amide bonds. The molecule has 0 aliphatic heterocycles. The van der Waals surface area contributed by atoms with E-state index in [2.05, 4.69) is 20.8 Å². The lowest BCUT2D eigenvalue weighted by atomic mass is 9.83. The van der Waals surface area contributed by atoms with Crippen molar-refractivity contribution in [3.05, 3.63) is 24.3 Å². The second-order valence-electron chi connectivity index (χ2n) is 5.66. The van der Waals surface area contributed by atoms with Crippen molar-refractivity contribution in [3.63, 3.8) is 0 Å². The Labute approximate surface area is 114 Å². The van der Waals surface area contributed by atoms with Crippen LogP contribution < -0.4 is 10.5 Å². The monoisotopic (exact) mass is 265 g/mol. The standard InChI is InChI=1S/C15H23NO3/c1-10(2)11(3)15(4,5)19-14(17)18-13-8-6-12(16)7-9-13/h6-11H,16H2,1-5H3. The van der Waals surface area contributed by atoms with Gasteiger partial charge in [-0.25, -0.2) is 4.79 Å². The molecule has 0 saturated heterocycles. The van der Waals surface area contributed by atoms with E-state index in [1.54, 1.807) is 24.3 Å². The van der Waals surface area contributed by atoms with Crippen LogP contribution in [-0.2, 0) is 4.74 Å². The number of carbonyl (C=O) groups is 1. The number of hydrogen-bond donors (Lipinski definition) is 1. The van der Waals surface area contributed by atoms with Crippen LogP contribution in [0.5, 0.6) is 5.75 Å². The summed E-state index contributed by atoms with van der Waals surface area (Å²) in [5, 5.41) is 0. The normalized spacial score (nSPS) is 13.2. The minimum absolute atomic E-state index is 0.228. The zero-order valence-electron chi connectivity index (χ0n) is 12.3. The molecule has 2 N–H and O–H groups in total. The number of anilines is 1. The van der Waals surface area contributed by atoms with Crippen molar-refractivity contribution in [2.24, 2.45) is 11.8 Å². The van der Waals surface area contributed by atoms with Crippen LogP contribution in [0.15, 0.2) is 24.3 Å². The summed E-state index contributed by atoms with van der Waals surface area (Å²) in [6, 6.07) is 6.61. The minimum Gasteiger partial charge on any atom is -0.428 e. The molecular formula is C15H23NO3. The Hall–Kier alpha value is -1.71. The van der Waals surface area contributed by atoms with E-state index in [0.717, 1.165) is 0 Å². The predicted molar refractivity (Wildman–Crippen MR) is 76.0 cm³/mol. The maximum Gasteiger partial charge on any atom is 0.514 e. The average Bonchev–Trinajstić information content (AvgIpc) is 2.30. The third-order valence-corrected chi connectivity index (χ3v) is 3.52. The Bertz CT molecular complexity index is 424. The van der Waals surface area contributed by atoms with Gasteiger partial charge < -0.3 is 15.2 Å². The van der Waals surface area contributed by atoms with Crippen LogP contribution in [0.4, 0.5) is 10.5 Å². The van der Waals surface area contributed by atoms with Crippen molar-refractivity contribution in [2.75, 3.05) is 5.73 Å². The molecule has 4 nitrogen and oxygen atoms in total. The molecule has 106 valence electrons. The second-order valence-corrected chi connectivity index (χ2v) is 5.66. The van der Waals surface area contributed by atoms with Crippen LogP contribution in [0.2, 0.25) is 0 Å². The van der Waals surface area contributed by atoms with E-state index in [9.17, 15) is 4.79 Å². The van der Waals surface area contributed by atoms with E-state index in [0.29, 0.717) is 17.4 Å². The molecule has 0 aromatic heterocycles. The fourth-order valence-electron chi connectivity index (χ4n) is 1.76. The van der Waals surface area contributed by atoms with Crippen molar-refractivity contribution in [3.8, 4) is 5.75 Å². The Morgan fingerprint density at radius 3 is 2.16 bits per heavy atom. The quantitative estimate of drug-likeness (QED) is 0.510. The predicted octanol–water partition coefficient (Wildman–Crippen LogP) is 3.85. The third kappa shape index (κ3) is 4.47. The summed E-state index contributed by atoms with van der Waals surface area (Å²) in [7, 11) is 0. The lowest BCUT2D eigenvalue weighted by Gasteiger charge is -2.33. The van der Waals surface area contributed by atoms with E-state index >= 15 is 0 Å². The molecule has 0 spiro atoms. The number of hydrogen-bond acceptors (Lipinski definition) is 4. The second kappa shape index (κ2) is 5.95. The van der Waals surface area contributed by atoms with E-state index < -0.39 is 11.8 Å². The van der Waals surface area contributed by atoms with E-state index in [4.69, 9.17) is 15.2 Å². The van der Waals surface area contributed by atoms with Crippen molar-refractivity contribution in [2.45, 2.75) is 40.2 Å². The average molecular weight is 265 g/mol. The van der Waals surface area contributed by atoms with E-state index in [1.807, 2.05) is 13.8 Å². The number of nitrogen functional groups attached to an aromatic ring is 1. The molecule has 0 heterocycles. The minimum atomic E-state index is -0.692. The van der Waals surface area contributed by atoms with Gasteiger partial charge in [0.05, 0.1) is 0 Å². The van der Waals surface area contributed by atoms with Crippen molar-refractivity contribution < 1.29 is 14.3 Å². The molecule has 1 unspecified atom stereocenters. The number of rotatable bonds is 4. The van der Waals surface area contributed by atoms with E-state index in [1.165, 1.54) is 0 Å². The molecular weight excluding hydrogens is 242 g/mol. The molecule has 0 radical (unpaired) electrons. The molecule has 0 fully saturated rings. The summed E-state index contributed by atoms with van der Waals surface area (Å²) in [6.45, 7) is 10.0. The molecule has 0 aliphatic carbocycles. The summed E-state index contributed by atoms with van der Waals surface area (Å²) in [5.41, 5.74) is 5.61. The van der Waals surface area contributed by atoms with Crippen LogP contribution in [0.25, 0.3) is 0 Å². The zero-order chi connectivity index (χ0) is 14.6. The van der Waals surface area contributed by atoms with Gasteiger partial charge in [0.15, 0.2) is 0 Å². The van der Waals surface area contributed by atoms with Crippen LogP contribution in [0, 0.1) is 11.8 Å². The van der Waals surface area contributed by atoms with Crippen molar-refractivity contribution >= 4 is 11.8 Å². The van der Waals surface area contributed by atoms with Crippen LogP contribution in [0.1, 0.15) is 34.6 Å². The first-order valence-corrected chi connectivity index (χ1v) is 6.48. The van der Waals surface area contributed by atoms with Crippen molar-refractivity contribution in [1.29, 1.82) is 0 Å². The number of carbonyl (C=O) groups excluding carboxylic acids is 1. The molecule has 4 heteroatoms. The largest absolute Gasteiger partial charge is 0.514 e.